The first-order valence-electron chi connectivity index (χ1n) is 0.651. The summed E-state index contributed by atoms with van der Waals surface area (Å²) in [5.74, 6) is 0. The number of hydrogen-bond acceptors (Lipinski definition) is 1. The molecule has 6 heteroatoms. The first kappa shape index (κ1) is 15.7. The molecule has 30 valence electrons. The Morgan fingerprint density at radius 1 is 1.50 bits per heavy atom. The zero-order chi connectivity index (χ0) is 3.58. The van der Waals surface area contributed by atoms with E-state index in [1.807, 2.05) is 0 Å². The van der Waals surface area contributed by atoms with Gasteiger partial charge in [-0.2, -0.15) is 0 Å². The normalized spacial score (nSPS) is 4.00. The van der Waals surface area contributed by atoms with Gasteiger partial charge in [0.1, 0.15) is 0 Å². The molecule has 0 radical (unpaired) electrons. The summed E-state index contributed by atoms with van der Waals surface area (Å²) >= 11 is 0. The van der Waals surface area contributed by atoms with Crippen LogP contribution in [0.25, 0.3) is 0 Å². The summed E-state index contributed by atoms with van der Waals surface area (Å²) in [6.45, 7) is 0. The number of rotatable bonds is 0. The van der Waals surface area contributed by atoms with Crippen molar-refractivity contribution >= 4 is 58.1 Å². The minimum absolute atomic E-state index is 0. The van der Waals surface area contributed by atoms with E-state index in [9.17, 15) is 0 Å². The van der Waals surface area contributed by atoms with Gasteiger partial charge in [-0.1, -0.05) is 0 Å². The van der Waals surface area contributed by atoms with Crippen LogP contribution in [0.4, 0.5) is 0 Å². The van der Waals surface area contributed by atoms with Crippen molar-refractivity contribution < 1.29 is 36.4 Å². The van der Waals surface area contributed by atoms with Crippen molar-refractivity contribution in [3.05, 3.63) is 0 Å². The largest absolute Gasteiger partial charge is 2.00 e. The van der Waals surface area contributed by atoms with Crippen LogP contribution in [0.1, 0.15) is 2.85 Å². The van der Waals surface area contributed by atoms with Crippen molar-refractivity contribution in [2.75, 3.05) is 0 Å². The van der Waals surface area contributed by atoms with Gasteiger partial charge in [0.2, 0.25) is 0 Å². The van der Waals surface area contributed by atoms with Crippen molar-refractivity contribution in [2.24, 2.45) is 0 Å². The molecule has 3 nitrogen and oxygen atoms in total. The Balaban J connectivity index is -0.00000000750. The average molecular weight is 283 g/mol. The number of hydrogen-bond donors (Lipinski definition) is 2. The fourth-order valence-electron chi connectivity index (χ4n) is 0. The predicted molar refractivity (Wildman–Crippen MR) is 18.9 cm³/mol. The SMILES string of the molecule is O=[Si](O)O.[Ba+2].[H-].[H-].[Zn]. The molecule has 0 fully saturated rings. The van der Waals surface area contributed by atoms with Crippen LogP contribution in [0, 0.1) is 0 Å². The summed E-state index contributed by atoms with van der Waals surface area (Å²) in [6.07, 6.45) is 0. The molecule has 6 heavy (non-hydrogen) atoms. The van der Waals surface area contributed by atoms with E-state index in [2.05, 4.69) is 0 Å². The van der Waals surface area contributed by atoms with Gasteiger partial charge in [-0.25, -0.2) is 0 Å². The summed E-state index contributed by atoms with van der Waals surface area (Å²) in [4.78, 5) is 14.3. The van der Waals surface area contributed by atoms with E-state index < -0.39 is 9.17 Å². The van der Waals surface area contributed by atoms with Crippen molar-refractivity contribution in [1.82, 2.24) is 0 Å². The maximum atomic E-state index is 8.74. The van der Waals surface area contributed by atoms with E-state index in [0.29, 0.717) is 0 Å². The molecule has 0 aliphatic carbocycles. The second-order valence-corrected chi connectivity index (χ2v) is 0.848. The zero-order valence-electron chi connectivity index (χ0n) is 5.22. The molecule has 2 N–H and O–H groups in total. The first-order chi connectivity index (χ1) is 1.73. The standard InChI is InChI=1S/Ba.H2O3Si.Zn.2H/c;1-4(2)3;;;/h;1-2H;;;/q+2;;;2*-1. The van der Waals surface area contributed by atoms with E-state index in [4.69, 9.17) is 14.1 Å². The van der Waals surface area contributed by atoms with Crippen LogP contribution < -0.4 is 0 Å². The molecule has 0 saturated heterocycles. The van der Waals surface area contributed by atoms with E-state index in [0.717, 1.165) is 0 Å². The predicted octanol–water partition coefficient (Wildman–Crippen LogP) is -1.77. The molecular weight excluding hydrogens is 279 g/mol. The summed E-state index contributed by atoms with van der Waals surface area (Å²) in [5.41, 5.74) is 0. The molecule has 0 aliphatic rings. The van der Waals surface area contributed by atoms with Crippen LogP contribution in [0.3, 0.4) is 0 Å². The van der Waals surface area contributed by atoms with Crippen LogP contribution in [0.2, 0.25) is 0 Å². The van der Waals surface area contributed by atoms with Crippen molar-refractivity contribution in [1.29, 1.82) is 0 Å². The third-order valence-corrected chi connectivity index (χ3v) is 0. The fraction of sp³-hybridized carbons (Fsp3) is 0. The minimum atomic E-state index is -3.13. The quantitative estimate of drug-likeness (QED) is 0.517. The molecule has 0 spiro atoms. The molecular formula is H4BaO3SiZn. The Morgan fingerprint density at radius 2 is 1.50 bits per heavy atom. The fourth-order valence-corrected chi connectivity index (χ4v) is 0. The Bertz CT molecular complexity index is 40.3. The van der Waals surface area contributed by atoms with Crippen LogP contribution in [0.5, 0.6) is 0 Å². The summed E-state index contributed by atoms with van der Waals surface area (Å²) in [7, 11) is -3.13. The smallest absolute Gasteiger partial charge is 1.00 e. The molecule has 0 unspecified atom stereocenters. The molecule has 0 aromatic rings. The molecule has 0 aliphatic heterocycles. The third-order valence-electron chi connectivity index (χ3n) is 0. The Morgan fingerprint density at radius 3 is 1.50 bits per heavy atom. The second-order valence-electron chi connectivity index (χ2n) is 0.283. The van der Waals surface area contributed by atoms with Crippen molar-refractivity contribution in [3.8, 4) is 0 Å². The maximum absolute atomic E-state index is 8.74. The van der Waals surface area contributed by atoms with Gasteiger partial charge in [0.15, 0.2) is 0 Å². The van der Waals surface area contributed by atoms with Crippen LogP contribution in [-0.2, 0) is 23.9 Å². The third kappa shape index (κ3) is 41.0. The van der Waals surface area contributed by atoms with E-state index in [-0.39, 0.29) is 71.2 Å². The van der Waals surface area contributed by atoms with Gasteiger partial charge in [-0.3, -0.25) is 4.46 Å². The molecule has 0 amide bonds. The van der Waals surface area contributed by atoms with Crippen LogP contribution in [-0.4, -0.2) is 67.6 Å². The van der Waals surface area contributed by atoms with Gasteiger partial charge in [0.05, 0.1) is 0 Å². The van der Waals surface area contributed by atoms with E-state index in [1.54, 1.807) is 0 Å². The van der Waals surface area contributed by atoms with Gasteiger partial charge in [0.25, 0.3) is 0 Å². The van der Waals surface area contributed by atoms with E-state index in [1.165, 1.54) is 0 Å². The van der Waals surface area contributed by atoms with Gasteiger partial charge in [-0.15, -0.1) is 0 Å². The van der Waals surface area contributed by atoms with Gasteiger partial charge in [-0.05, 0) is 0 Å². The Kier molecular flexibility index (Phi) is 25.9. The molecule has 0 rings (SSSR count). The Hall–Kier alpha value is 1.81. The van der Waals surface area contributed by atoms with Gasteiger partial charge >= 0.3 is 58.1 Å². The molecule has 0 heterocycles. The second kappa shape index (κ2) is 9.94. The minimum Gasteiger partial charge on any atom is -1.00 e. The van der Waals surface area contributed by atoms with Gasteiger partial charge < -0.3 is 12.4 Å². The zero-order valence-corrected chi connectivity index (χ0v) is 11.6. The summed E-state index contributed by atoms with van der Waals surface area (Å²) < 4.78 is 8.74. The molecule has 0 aromatic carbocycles. The Labute approximate surface area is 92.8 Å². The summed E-state index contributed by atoms with van der Waals surface area (Å²) in [6, 6.07) is 0. The summed E-state index contributed by atoms with van der Waals surface area (Å²) in [5, 5.41) is 0. The van der Waals surface area contributed by atoms with E-state index >= 15 is 0 Å². The van der Waals surface area contributed by atoms with Crippen LogP contribution >= 0.6 is 0 Å². The first-order valence-corrected chi connectivity index (χ1v) is 1.95. The van der Waals surface area contributed by atoms with Crippen molar-refractivity contribution in [3.63, 3.8) is 0 Å². The molecule has 0 aromatic heterocycles. The monoisotopic (exact) mass is 282 g/mol. The molecule has 0 bridgehead atoms. The molecule has 0 saturated carbocycles. The van der Waals surface area contributed by atoms with Gasteiger partial charge in [0, 0.05) is 19.5 Å². The topological polar surface area (TPSA) is 57.5 Å². The van der Waals surface area contributed by atoms with Crippen molar-refractivity contribution in [2.45, 2.75) is 0 Å². The maximum Gasteiger partial charge on any atom is 2.00 e. The average Bonchev–Trinajstić information content (AvgIpc) is 0.811. The van der Waals surface area contributed by atoms with Crippen LogP contribution in [0.15, 0.2) is 0 Å². The molecule has 0 atom stereocenters.